The van der Waals surface area contributed by atoms with Crippen LogP contribution in [0.3, 0.4) is 0 Å². The zero-order chi connectivity index (χ0) is 44.6. The van der Waals surface area contributed by atoms with Crippen LogP contribution in [0.5, 0.6) is 0 Å². The first-order valence-electron chi connectivity index (χ1n) is 23.0. The number of benzene rings is 1. The Balaban J connectivity index is 1.04. The Bertz CT molecular complexity index is 2690. The van der Waals surface area contributed by atoms with E-state index in [0.29, 0.717) is 52.1 Å². The molecular weight excluding hydrogens is 841 g/mol. The first-order valence-corrected chi connectivity index (χ1v) is 23.9. The van der Waals surface area contributed by atoms with Crippen LogP contribution in [-0.2, 0) is 30.3 Å². The van der Waals surface area contributed by atoms with E-state index in [4.69, 9.17) is 14.5 Å². The second kappa shape index (κ2) is 16.4. The molecule has 2 saturated carbocycles. The lowest BCUT2D eigenvalue weighted by Crippen LogP contribution is -2.70. The van der Waals surface area contributed by atoms with Crippen molar-refractivity contribution in [3.05, 3.63) is 83.0 Å². The second-order valence-electron chi connectivity index (χ2n) is 20.2. The van der Waals surface area contributed by atoms with Crippen molar-refractivity contribution in [1.29, 1.82) is 5.26 Å². The van der Waals surface area contributed by atoms with Crippen molar-refractivity contribution in [2.24, 2.45) is 28.6 Å². The molecule has 8 atom stereocenters. The van der Waals surface area contributed by atoms with Gasteiger partial charge < -0.3 is 19.4 Å². The fourth-order valence-electron chi connectivity index (χ4n) is 11.4. The third kappa shape index (κ3) is 7.59. The summed E-state index contributed by atoms with van der Waals surface area (Å²) in [5.74, 6) is -1.41. The third-order valence-electron chi connectivity index (χ3n) is 14.9. The fourth-order valence-corrected chi connectivity index (χ4v) is 12.4. The minimum absolute atomic E-state index is 0.00593. The van der Waals surface area contributed by atoms with Gasteiger partial charge in [-0.05, 0) is 80.3 Å². The van der Waals surface area contributed by atoms with Crippen molar-refractivity contribution in [3.8, 4) is 28.6 Å². The Hall–Kier alpha value is -5.60. The van der Waals surface area contributed by atoms with E-state index < -0.39 is 29.5 Å². The smallest absolute Gasteiger partial charge is 0.324 e. The molecule has 8 heterocycles. The molecule has 6 aliphatic rings. The van der Waals surface area contributed by atoms with Crippen molar-refractivity contribution >= 4 is 40.0 Å². The summed E-state index contributed by atoms with van der Waals surface area (Å²) in [6, 6.07) is 12.7. The topological polar surface area (TPSA) is 180 Å². The van der Waals surface area contributed by atoms with Gasteiger partial charge in [0.1, 0.15) is 23.4 Å². The summed E-state index contributed by atoms with van der Waals surface area (Å²) < 4.78 is 14.3. The van der Waals surface area contributed by atoms with Gasteiger partial charge in [-0.25, -0.2) is 20.4 Å². The Morgan fingerprint density at radius 3 is 2.65 bits per heavy atom. The minimum atomic E-state index is -1.02. The van der Waals surface area contributed by atoms with Crippen LogP contribution in [0.25, 0.3) is 33.4 Å². The van der Waals surface area contributed by atoms with E-state index in [1.54, 1.807) is 12.4 Å². The summed E-state index contributed by atoms with van der Waals surface area (Å²) in [6.45, 7) is 9.50. The number of nitrogens with zero attached hydrogens (tertiary/aromatic N) is 8. The predicted octanol–water partition coefficient (Wildman–Crippen LogP) is 6.01. The van der Waals surface area contributed by atoms with Gasteiger partial charge in [0.2, 0.25) is 5.91 Å². The number of aromatic nitrogens is 5. The highest BCUT2D eigenvalue weighted by Crippen LogP contribution is 2.54. The van der Waals surface area contributed by atoms with Crippen LogP contribution in [-0.4, -0.2) is 104 Å². The molecule has 1 aromatic carbocycles. The zero-order valence-electron chi connectivity index (χ0n) is 37.0. The van der Waals surface area contributed by atoms with Crippen LogP contribution in [0.15, 0.2) is 66.7 Å². The summed E-state index contributed by atoms with van der Waals surface area (Å²) >= 11 is 1.50. The Labute approximate surface area is 381 Å². The number of amides is 2. The van der Waals surface area contributed by atoms with Gasteiger partial charge in [0.25, 0.3) is 5.91 Å². The fraction of sp³-hybridized carbons (Fsp3) is 0.510. The zero-order valence-corrected chi connectivity index (χ0v) is 37.8. The van der Waals surface area contributed by atoms with E-state index in [1.165, 1.54) is 22.7 Å². The van der Waals surface area contributed by atoms with Gasteiger partial charge >= 0.3 is 5.97 Å². The Morgan fingerprint density at radius 2 is 1.91 bits per heavy atom. The van der Waals surface area contributed by atoms with E-state index in [2.05, 4.69) is 84.7 Å². The van der Waals surface area contributed by atoms with Crippen molar-refractivity contribution in [1.82, 2.24) is 45.2 Å². The summed E-state index contributed by atoms with van der Waals surface area (Å²) in [6.07, 6.45) is 11.1. The largest absolute Gasteiger partial charge is 0.464 e. The molecule has 16 heteroatoms. The van der Waals surface area contributed by atoms with E-state index >= 15 is 4.79 Å². The molecule has 4 aliphatic heterocycles. The number of hydrogen-bond donors (Lipinski definition) is 2. The number of ether oxygens (including phenoxy) is 2. The second-order valence-corrected chi connectivity index (χ2v) is 21.1. The monoisotopic (exact) mass is 894 g/mol. The molecule has 0 radical (unpaired) electrons. The summed E-state index contributed by atoms with van der Waals surface area (Å²) in [5.41, 5.74) is 9.55. The van der Waals surface area contributed by atoms with Crippen LogP contribution in [0, 0.1) is 39.9 Å². The van der Waals surface area contributed by atoms with Gasteiger partial charge in [-0.15, -0.1) is 11.3 Å². The highest BCUT2D eigenvalue weighted by atomic mass is 32.1. The Morgan fingerprint density at radius 1 is 1.05 bits per heavy atom. The summed E-state index contributed by atoms with van der Waals surface area (Å²) in [5, 5.41) is 18.7. The summed E-state index contributed by atoms with van der Waals surface area (Å²) in [4.78, 5) is 64.6. The average Bonchev–Trinajstić information content (AvgIpc) is 3.67. The van der Waals surface area contributed by atoms with Crippen molar-refractivity contribution in [3.63, 3.8) is 0 Å². The maximum absolute atomic E-state index is 15.2. The number of carbonyl (C=O) groups excluding carboxylic acids is 3. The van der Waals surface area contributed by atoms with Gasteiger partial charge in [-0.1, -0.05) is 26.8 Å². The van der Waals surface area contributed by atoms with E-state index in [1.807, 2.05) is 25.3 Å². The Kier molecular flexibility index (Phi) is 10.6. The van der Waals surface area contributed by atoms with Gasteiger partial charge in [0.15, 0.2) is 0 Å². The number of fused-ring (bicyclic) bond motifs is 6. The number of nitriles is 1. The number of carbonyl (C=O) groups is 3. The van der Waals surface area contributed by atoms with Gasteiger partial charge in [0.05, 0.1) is 43.3 Å². The number of thiazole rings is 1. The number of hydrogen-bond acceptors (Lipinski definition) is 13. The number of esters is 1. The lowest BCUT2D eigenvalue weighted by Gasteiger charge is -2.58. The maximum atomic E-state index is 15.2. The minimum Gasteiger partial charge on any atom is -0.464 e. The lowest BCUT2D eigenvalue weighted by atomic mass is 9.76. The molecule has 0 unspecified atom stereocenters. The SMILES string of the molecule is C[C@@H]1[C@@H](C(=O)N[C@@H]2C(=O)N3CCC[C@H](N3)C(=O)OCC(C)(C)Cc3c(-c4cccnc4)n([C@@H]4CC[C@H](C#N)C4)c4ccc(cc34)-c3csc(n3)[C@H]2N2CC3(COC3)C2)[C@@H]1c1ccncn1. The van der Waals surface area contributed by atoms with Crippen LogP contribution >= 0.6 is 11.3 Å². The van der Waals surface area contributed by atoms with Gasteiger partial charge in [-0.2, -0.15) is 5.26 Å². The normalized spacial score (nSPS) is 29.6. The molecule has 3 saturated heterocycles. The van der Waals surface area contributed by atoms with Crippen molar-refractivity contribution in [2.75, 3.05) is 39.5 Å². The predicted molar refractivity (Wildman–Crippen MR) is 242 cm³/mol. The molecule has 5 fully saturated rings. The third-order valence-corrected chi connectivity index (χ3v) is 15.8. The van der Waals surface area contributed by atoms with E-state index in [9.17, 15) is 14.9 Å². The molecule has 65 heavy (non-hydrogen) atoms. The number of rotatable bonds is 6. The summed E-state index contributed by atoms with van der Waals surface area (Å²) in [7, 11) is 0. The first-order chi connectivity index (χ1) is 31.5. The van der Waals surface area contributed by atoms with Crippen LogP contribution in [0.4, 0.5) is 0 Å². The van der Waals surface area contributed by atoms with Crippen LogP contribution in [0.2, 0.25) is 0 Å². The number of likely N-dealkylation sites (tertiary alicyclic amines) is 1. The average molecular weight is 895 g/mol. The van der Waals surface area contributed by atoms with Crippen LogP contribution in [0.1, 0.15) is 87.1 Å². The van der Waals surface area contributed by atoms with Crippen LogP contribution < -0.4 is 10.7 Å². The molecule has 336 valence electrons. The molecule has 11 rings (SSSR count). The molecule has 2 amide bonds. The molecule has 2 N–H and O–H groups in total. The molecule has 5 aromatic rings. The van der Waals surface area contributed by atoms with E-state index in [-0.39, 0.29) is 53.5 Å². The maximum Gasteiger partial charge on any atom is 0.324 e. The van der Waals surface area contributed by atoms with E-state index in [0.717, 1.165) is 68.9 Å². The number of pyridine rings is 1. The molecule has 15 nitrogen and oxygen atoms in total. The molecular formula is C49H54N10O5S. The van der Waals surface area contributed by atoms with Crippen molar-refractivity contribution < 1.29 is 23.9 Å². The lowest BCUT2D eigenvalue weighted by molar-refractivity contribution is -0.202. The highest BCUT2D eigenvalue weighted by molar-refractivity contribution is 7.10. The van der Waals surface area contributed by atoms with Gasteiger partial charge in [0, 0.05) is 106 Å². The quantitative estimate of drug-likeness (QED) is 0.190. The number of nitrogens with one attached hydrogen (secondary N) is 2. The van der Waals surface area contributed by atoms with Crippen molar-refractivity contribution in [2.45, 2.75) is 89.4 Å². The first kappa shape index (κ1) is 42.1. The highest BCUT2D eigenvalue weighted by Gasteiger charge is 2.57. The molecule has 2 aliphatic carbocycles. The molecule has 4 aromatic heterocycles. The molecule has 6 bridgehead atoms. The number of hydrazine groups is 1. The standard InChI is InChI=1S/C49H54N10O5S/c1-28-39(35-12-14-52-27-53-35)40(28)44(60)55-41-43(57-22-49(23-57)25-63-26-49)45-54-37(21-65-45)30-9-11-38-33(17-30)34(18-48(2,3)24-64-47(62)36-7-5-15-58(56-36)46(41)61)42(31-6-4-13-51-20-31)59(38)32-10-8-29(16-32)19-50/h4,6,9,11-14,17,20-21,27-29,32,36,39-41,43,56H,5,7-8,10,15-16,18,22-26H2,1-3H3,(H,55,60)/t28-,29-,32+,36-,39-,40+,41-,43-/m0/s1. The number of cyclic esters (lactones) is 1. The molecule has 1 spiro atoms. The van der Waals surface area contributed by atoms with Gasteiger partial charge in [-0.3, -0.25) is 29.3 Å².